The Balaban J connectivity index is 1.93. The average Bonchev–Trinajstić information content (AvgIpc) is 2.64. The van der Waals surface area contributed by atoms with Crippen molar-refractivity contribution in [3.05, 3.63) is 59.2 Å². The van der Waals surface area contributed by atoms with E-state index >= 15 is 0 Å². The molecule has 0 spiro atoms. The van der Waals surface area contributed by atoms with Gasteiger partial charge in [0.1, 0.15) is 0 Å². The van der Waals surface area contributed by atoms with Crippen LogP contribution >= 0.6 is 0 Å². The zero-order valence-corrected chi connectivity index (χ0v) is 16.7. The second-order valence-corrected chi connectivity index (χ2v) is 6.95. The number of aryl methyl sites for hydroxylation is 1. The van der Waals surface area contributed by atoms with E-state index in [-0.39, 0.29) is 18.1 Å². The van der Waals surface area contributed by atoms with E-state index in [0.717, 1.165) is 23.3 Å². The molecule has 1 atom stereocenters. The number of benzene rings is 2. The zero-order valence-electron chi connectivity index (χ0n) is 16.7. The number of anilines is 2. The minimum Gasteiger partial charge on any atom is -0.325 e. The van der Waals surface area contributed by atoms with E-state index in [1.54, 1.807) is 24.9 Å². The summed E-state index contributed by atoms with van der Waals surface area (Å²) < 4.78 is 37.8. The van der Waals surface area contributed by atoms with Gasteiger partial charge < -0.3 is 10.6 Å². The molecule has 0 heterocycles. The number of hydrogen-bond acceptors (Lipinski definition) is 3. The maximum Gasteiger partial charge on any atom is 0.416 e. The normalized spacial score (nSPS) is 12.6. The topological polar surface area (TPSA) is 61.4 Å². The summed E-state index contributed by atoms with van der Waals surface area (Å²) in [6, 6.07) is 9.14. The summed E-state index contributed by atoms with van der Waals surface area (Å²) in [6.07, 6.45) is -4.43. The van der Waals surface area contributed by atoms with Crippen LogP contribution in [-0.4, -0.2) is 36.3 Å². The van der Waals surface area contributed by atoms with Crippen molar-refractivity contribution in [2.24, 2.45) is 0 Å². The number of carbonyl (C=O) groups is 2. The van der Waals surface area contributed by atoms with Crippen molar-refractivity contribution in [2.75, 3.05) is 24.2 Å². The Kier molecular flexibility index (Phi) is 7.02. The first-order valence-electron chi connectivity index (χ1n) is 9.03. The summed E-state index contributed by atoms with van der Waals surface area (Å²) in [4.78, 5) is 26.2. The first kappa shape index (κ1) is 22.4. The number of nitrogens with zero attached hydrogens (tertiary/aromatic N) is 1. The molecule has 0 aliphatic carbocycles. The Labute approximate surface area is 167 Å². The second kappa shape index (κ2) is 9.09. The number of halogens is 3. The third-order valence-electron chi connectivity index (χ3n) is 4.79. The van der Waals surface area contributed by atoms with Crippen LogP contribution in [0.3, 0.4) is 0 Å². The summed E-state index contributed by atoms with van der Waals surface area (Å²) in [5.74, 6) is -0.692. The summed E-state index contributed by atoms with van der Waals surface area (Å²) in [7, 11) is 1.62. The van der Waals surface area contributed by atoms with E-state index in [2.05, 4.69) is 10.6 Å². The standard InChI is InChI=1S/C21H24F3N3O2/c1-13-6-5-7-18(14(13)2)26-19(28)12-27(4)15(3)20(29)25-17-10-8-16(9-11-17)21(22,23)24/h5-11,15H,12H2,1-4H3,(H,25,29)(H,26,28). The molecule has 2 N–H and O–H groups in total. The van der Waals surface area contributed by atoms with Crippen molar-refractivity contribution in [1.82, 2.24) is 4.90 Å². The molecule has 0 saturated carbocycles. The van der Waals surface area contributed by atoms with E-state index in [0.29, 0.717) is 5.69 Å². The number of carbonyl (C=O) groups excluding carboxylic acids is 2. The minimum absolute atomic E-state index is 0.0189. The number of nitrogens with one attached hydrogen (secondary N) is 2. The van der Waals surface area contributed by atoms with Crippen LogP contribution in [0.2, 0.25) is 0 Å². The number of hydrogen-bond donors (Lipinski definition) is 2. The van der Waals surface area contributed by atoms with Crippen molar-refractivity contribution in [3.63, 3.8) is 0 Å². The van der Waals surface area contributed by atoms with E-state index in [1.165, 1.54) is 12.1 Å². The molecular formula is C21H24F3N3O2. The van der Waals surface area contributed by atoms with Gasteiger partial charge in [-0.3, -0.25) is 14.5 Å². The van der Waals surface area contributed by atoms with Crippen molar-refractivity contribution in [3.8, 4) is 0 Å². The van der Waals surface area contributed by atoms with Gasteiger partial charge in [-0.15, -0.1) is 0 Å². The predicted molar refractivity (Wildman–Crippen MR) is 107 cm³/mol. The Bertz CT molecular complexity index is 880. The lowest BCUT2D eigenvalue weighted by Crippen LogP contribution is -2.43. The average molecular weight is 407 g/mol. The molecule has 8 heteroatoms. The number of alkyl halides is 3. The molecule has 0 saturated heterocycles. The number of likely N-dealkylation sites (N-methyl/N-ethyl adjacent to an activating group) is 1. The largest absolute Gasteiger partial charge is 0.416 e. The van der Waals surface area contributed by atoms with Crippen LogP contribution in [0, 0.1) is 13.8 Å². The maximum atomic E-state index is 12.6. The molecule has 156 valence electrons. The van der Waals surface area contributed by atoms with Gasteiger partial charge in [0, 0.05) is 11.4 Å². The Morgan fingerprint density at radius 2 is 1.66 bits per heavy atom. The molecule has 0 bridgehead atoms. The molecule has 0 aromatic heterocycles. The fourth-order valence-corrected chi connectivity index (χ4v) is 2.63. The van der Waals surface area contributed by atoms with Gasteiger partial charge in [0.2, 0.25) is 11.8 Å². The highest BCUT2D eigenvalue weighted by Crippen LogP contribution is 2.29. The lowest BCUT2D eigenvalue weighted by molar-refractivity contribution is -0.137. The van der Waals surface area contributed by atoms with Crippen LogP contribution in [0.5, 0.6) is 0 Å². The maximum absolute atomic E-state index is 12.6. The van der Waals surface area contributed by atoms with Crippen LogP contribution in [-0.2, 0) is 15.8 Å². The Hall–Kier alpha value is -2.87. The first-order valence-corrected chi connectivity index (χ1v) is 9.03. The number of amides is 2. The summed E-state index contributed by atoms with van der Waals surface area (Å²) >= 11 is 0. The highest BCUT2D eigenvalue weighted by Gasteiger charge is 2.30. The molecule has 2 aromatic carbocycles. The second-order valence-electron chi connectivity index (χ2n) is 6.95. The van der Waals surface area contributed by atoms with E-state index in [4.69, 9.17) is 0 Å². The fraction of sp³-hybridized carbons (Fsp3) is 0.333. The van der Waals surface area contributed by atoms with Crippen molar-refractivity contribution in [1.29, 1.82) is 0 Å². The molecule has 0 fully saturated rings. The molecule has 29 heavy (non-hydrogen) atoms. The van der Waals surface area contributed by atoms with E-state index < -0.39 is 23.7 Å². The smallest absolute Gasteiger partial charge is 0.325 e. The quantitative estimate of drug-likeness (QED) is 0.754. The Morgan fingerprint density at radius 1 is 1.03 bits per heavy atom. The molecule has 1 unspecified atom stereocenters. The highest BCUT2D eigenvalue weighted by molar-refractivity contribution is 5.96. The van der Waals surface area contributed by atoms with Crippen LogP contribution in [0.1, 0.15) is 23.6 Å². The zero-order chi connectivity index (χ0) is 21.8. The SMILES string of the molecule is Cc1cccc(NC(=O)CN(C)C(C)C(=O)Nc2ccc(C(F)(F)F)cc2)c1C. The molecule has 2 amide bonds. The first-order chi connectivity index (χ1) is 13.5. The van der Waals surface area contributed by atoms with Gasteiger partial charge in [-0.05, 0) is 69.3 Å². The lowest BCUT2D eigenvalue weighted by atomic mass is 10.1. The van der Waals surface area contributed by atoms with Crippen LogP contribution in [0.25, 0.3) is 0 Å². The molecule has 2 aromatic rings. The summed E-state index contributed by atoms with van der Waals surface area (Å²) in [6.45, 7) is 5.46. The summed E-state index contributed by atoms with van der Waals surface area (Å²) in [5, 5.41) is 5.39. The molecule has 0 aliphatic heterocycles. The third-order valence-corrected chi connectivity index (χ3v) is 4.79. The number of rotatable bonds is 6. The van der Waals surface area contributed by atoms with Crippen molar-refractivity contribution >= 4 is 23.2 Å². The van der Waals surface area contributed by atoms with Gasteiger partial charge in [-0.2, -0.15) is 13.2 Å². The van der Waals surface area contributed by atoms with Gasteiger partial charge in [0.15, 0.2) is 0 Å². The molecular weight excluding hydrogens is 383 g/mol. The Morgan fingerprint density at radius 3 is 2.24 bits per heavy atom. The van der Waals surface area contributed by atoms with Crippen molar-refractivity contribution < 1.29 is 22.8 Å². The van der Waals surface area contributed by atoms with Crippen LogP contribution in [0.15, 0.2) is 42.5 Å². The van der Waals surface area contributed by atoms with E-state index in [1.807, 2.05) is 26.0 Å². The summed E-state index contributed by atoms with van der Waals surface area (Å²) in [5.41, 5.74) is 2.20. The van der Waals surface area contributed by atoms with Gasteiger partial charge in [0.05, 0.1) is 18.2 Å². The minimum atomic E-state index is -4.43. The monoisotopic (exact) mass is 407 g/mol. The van der Waals surface area contributed by atoms with Crippen LogP contribution in [0.4, 0.5) is 24.5 Å². The van der Waals surface area contributed by atoms with Gasteiger partial charge >= 0.3 is 6.18 Å². The molecule has 0 radical (unpaired) electrons. The van der Waals surface area contributed by atoms with Crippen molar-refractivity contribution in [2.45, 2.75) is 33.0 Å². The fourth-order valence-electron chi connectivity index (χ4n) is 2.63. The molecule has 5 nitrogen and oxygen atoms in total. The van der Waals surface area contributed by atoms with Gasteiger partial charge in [-0.1, -0.05) is 12.1 Å². The van der Waals surface area contributed by atoms with E-state index in [9.17, 15) is 22.8 Å². The lowest BCUT2D eigenvalue weighted by Gasteiger charge is -2.23. The third kappa shape index (κ3) is 6.05. The van der Waals surface area contributed by atoms with Crippen LogP contribution < -0.4 is 10.6 Å². The predicted octanol–water partition coefficient (Wildman–Crippen LogP) is 4.22. The van der Waals surface area contributed by atoms with Gasteiger partial charge in [-0.25, -0.2) is 0 Å². The highest BCUT2D eigenvalue weighted by atomic mass is 19.4. The molecule has 0 aliphatic rings. The van der Waals surface area contributed by atoms with Gasteiger partial charge in [0.25, 0.3) is 0 Å². The molecule has 2 rings (SSSR count).